The quantitative estimate of drug-likeness (QED) is 0.902. The number of hydrogen-bond donors (Lipinski definition) is 1. The van der Waals surface area contributed by atoms with Gasteiger partial charge in [-0.1, -0.05) is 25.1 Å². The van der Waals surface area contributed by atoms with Crippen molar-refractivity contribution < 1.29 is 4.79 Å². The molecule has 2 rings (SSSR count). The Balaban J connectivity index is 2.09. The molecule has 1 aromatic carbocycles. The van der Waals surface area contributed by atoms with Crippen molar-refractivity contribution in [2.75, 3.05) is 11.9 Å². The molecule has 19 heavy (non-hydrogen) atoms. The van der Waals surface area contributed by atoms with Gasteiger partial charge in [-0.2, -0.15) is 0 Å². The second-order valence-corrected chi connectivity index (χ2v) is 5.27. The summed E-state index contributed by atoms with van der Waals surface area (Å²) in [5, 5.41) is 3.40. The summed E-state index contributed by atoms with van der Waals surface area (Å²) in [6.45, 7) is 7.09. The molecule has 104 valence electrons. The first-order chi connectivity index (χ1) is 9.17. The third-order valence-electron chi connectivity index (χ3n) is 4.09. The standard InChI is InChI=1S/C16H24N2O/c1-4-12(3)18(5-2)16(19)15-11-10-13-8-6-7-9-14(13)17-15/h6-9,12,15,17H,4-5,10-11H2,1-3H3. The van der Waals surface area contributed by atoms with Gasteiger partial charge in [0.05, 0.1) is 0 Å². The zero-order valence-electron chi connectivity index (χ0n) is 12.1. The van der Waals surface area contributed by atoms with Crippen LogP contribution in [0.4, 0.5) is 5.69 Å². The van der Waals surface area contributed by atoms with E-state index in [0.717, 1.165) is 31.5 Å². The molecule has 1 N–H and O–H groups in total. The molecule has 1 aliphatic rings. The predicted octanol–water partition coefficient (Wildman–Crippen LogP) is 3.06. The maximum absolute atomic E-state index is 12.6. The van der Waals surface area contributed by atoms with Gasteiger partial charge in [0.25, 0.3) is 0 Å². The zero-order valence-corrected chi connectivity index (χ0v) is 12.1. The topological polar surface area (TPSA) is 32.3 Å². The van der Waals surface area contributed by atoms with Crippen LogP contribution in [0.25, 0.3) is 0 Å². The van der Waals surface area contributed by atoms with Gasteiger partial charge in [0, 0.05) is 18.3 Å². The molecule has 3 nitrogen and oxygen atoms in total. The lowest BCUT2D eigenvalue weighted by Gasteiger charge is -2.34. The molecular formula is C16H24N2O. The molecule has 1 aliphatic heterocycles. The van der Waals surface area contributed by atoms with E-state index in [-0.39, 0.29) is 11.9 Å². The van der Waals surface area contributed by atoms with E-state index in [1.807, 2.05) is 11.0 Å². The van der Waals surface area contributed by atoms with Gasteiger partial charge in [-0.15, -0.1) is 0 Å². The number of fused-ring (bicyclic) bond motifs is 1. The fourth-order valence-electron chi connectivity index (χ4n) is 2.73. The third-order valence-corrected chi connectivity index (χ3v) is 4.09. The summed E-state index contributed by atoms with van der Waals surface area (Å²) >= 11 is 0. The van der Waals surface area contributed by atoms with Crippen molar-refractivity contribution >= 4 is 11.6 Å². The van der Waals surface area contributed by atoms with Crippen LogP contribution in [0.2, 0.25) is 0 Å². The fourth-order valence-corrected chi connectivity index (χ4v) is 2.73. The Bertz CT molecular complexity index is 444. The number of likely N-dealkylation sites (N-methyl/N-ethyl adjacent to an activating group) is 1. The number of benzene rings is 1. The minimum absolute atomic E-state index is 0.0659. The Morgan fingerprint density at radius 3 is 2.84 bits per heavy atom. The molecule has 0 radical (unpaired) electrons. The van der Waals surface area contributed by atoms with Crippen molar-refractivity contribution in [2.24, 2.45) is 0 Å². The number of aryl methyl sites for hydroxylation is 1. The van der Waals surface area contributed by atoms with E-state index in [9.17, 15) is 4.79 Å². The number of anilines is 1. The van der Waals surface area contributed by atoms with Crippen molar-refractivity contribution in [3.63, 3.8) is 0 Å². The first-order valence-electron chi connectivity index (χ1n) is 7.32. The normalized spacial score (nSPS) is 19.2. The van der Waals surface area contributed by atoms with Gasteiger partial charge in [0.2, 0.25) is 5.91 Å². The lowest BCUT2D eigenvalue weighted by atomic mass is 9.97. The Labute approximate surface area is 116 Å². The molecule has 0 saturated heterocycles. The first-order valence-corrected chi connectivity index (χ1v) is 7.32. The number of carbonyl (C=O) groups excluding carboxylic acids is 1. The van der Waals surface area contributed by atoms with Gasteiger partial charge < -0.3 is 10.2 Å². The maximum Gasteiger partial charge on any atom is 0.245 e. The van der Waals surface area contributed by atoms with Crippen LogP contribution >= 0.6 is 0 Å². The highest BCUT2D eigenvalue weighted by Gasteiger charge is 2.28. The van der Waals surface area contributed by atoms with Crippen LogP contribution in [0.3, 0.4) is 0 Å². The smallest absolute Gasteiger partial charge is 0.245 e. The molecule has 0 aromatic heterocycles. The molecule has 0 saturated carbocycles. The van der Waals surface area contributed by atoms with Crippen molar-refractivity contribution in [1.82, 2.24) is 4.90 Å². The summed E-state index contributed by atoms with van der Waals surface area (Å²) in [5.74, 6) is 0.242. The third kappa shape index (κ3) is 2.91. The van der Waals surface area contributed by atoms with Crippen molar-refractivity contribution in [3.8, 4) is 0 Å². The highest BCUT2D eigenvalue weighted by molar-refractivity contribution is 5.86. The number of nitrogens with one attached hydrogen (secondary N) is 1. The lowest BCUT2D eigenvalue weighted by Crippen LogP contribution is -2.48. The number of carbonyl (C=O) groups is 1. The first kappa shape index (κ1) is 13.9. The van der Waals surface area contributed by atoms with Gasteiger partial charge in [-0.05, 0) is 44.7 Å². The Kier molecular flexibility index (Phi) is 4.46. The van der Waals surface area contributed by atoms with E-state index >= 15 is 0 Å². The van der Waals surface area contributed by atoms with E-state index in [1.165, 1.54) is 5.56 Å². The number of hydrogen-bond acceptors (Lipinski definition) is 2. The summed E-state index contributed by atoms with van der Waals surface area (Å²) in [5.41, 5.74) is 2.44. The summed E-state index contributed by atoms with van der Waals surface area (Å²) < 4.78 is 0. The molecule has 0 fully saturated rings. The SMILES string of the molecule is CCC(C)N(CC)C(=O)C1CCc2ccccc2N1. The van der Waals surface area contributed by atoms with E-state index in [1.54, 1.807) is 0 Å². The Morgan fingerprint density at radius 2 is 2.16 bits per heavy atom. The molecule has 0 aliphatic carbocycles. The molecular weight excluding hydrogens is 236 g/mol. The minimum atomic E-state index is -0.0659. The van der Waals surface area contributed by atoms with Gasteiger partial charge >= 0.3 is 0 Å². The molecule has 3 heteroatoms. The van der Waals surface area contributed by atoms with E-state index in [0.29, 0.717) is 6.04 Å². The molecule has 1 heterocycles. The van der Waals surface area contributed by atoms with Crippen LogP contribution in [-0.2, 0) is 11.2 Å². The highest BCUT2D eigenvalue weighted by atomic mass is 16.2. The zero-order chi connectivity index (χ0) is 13.8. The average molecular weight is 260 g/mol. The molecule has 2 atom stereocenters. The lowest BCUT2D eigenvalue weighted by molar-refractivity contribution is -0.134. The van der Waals surface area contributed by atoms with Crippen molar-refractivity contribution in [1.29, 1.82) is 0 Å². The Morgan fingerprint density at radius 1 is 1.42 bits per heavy atom. The minimum Gasteiger partial charge on any atom is -0.373 e. The molecule has 2 unspecified atom stereocenters. The van der Waals surface area contributed by atoms with Crippen LogP contribution in [-0.4, -0.2) is 29.4 Å². The second kappa shape index (κ2) is 6.09. The molecule has 1 aromatic rings. The van der Waals surface area contributed by atoms with E-state index in [4.69, 9.17) is 0 Å². The van der Waals surface area contributed by atoms with E-state index in [2.05, 4.69) is 44.3 Å². The van der Waals surface area contributed by atoms with Gasteiger partial charge in [-0.3, -0.25) is 4.79 Å². The number of amides is 1. The molecule has 0 spiro atoms. The largest absolute Gasteiger partial charge is 0.373 e. The van der Waals surface area contributed by atoms with Gasteiger partial charge in [0.15, 0.2) is 0 Å². The summed E-state index contributed by atoms with van der Waals surface area (Å²) in [6.07, 6.45) is 2.88. The summed E-state index contributed by atoms with van der Waals surface area (Å²) in [4.78, 5) is 14.6. The monoisotopic (exact) mass is 260 g/mol. The van der Waals surface area contributed by atoms with Crippen LogP contribution in [0.5, 0.6) is 0 Å². The molecule has 1 amide bonds. The number of nitrogens with zero attached hydrogens (tertiary/aromatic N) is 1. The van der Waals surface area contributed by atoms with E-state index < -0.39 is 0 Å². The average Bonchev–Trinajstić information content (AvgIpc) is 2.47. The Hall–Kier alpha value is -1.51. The van der Waals surface area contributed by atoms with Crippen molar-refractivity contribution in [2.45, 2.75) is 52.1 Å². The molecule has 0 bridgehead atoms. The number of rotatable bonds is 4. The van der Waals surface area contributed by atoms with Crippen LogP contribution in [0.15, 0.2) is 24.3 Å². The van der Waals surface area contributed by atoms with Crippen molar-refractivity contribution in [3.05, 3.63) is 29.8 Å². The number of para-hydroxylation sites is 1. The summed E-state index contributed by atoms with van der Waals surface area (Å²) in [7, 11) is 0. The van der Waals surface area contributed by atoms with Gasteiger partial charge in [-0.25, -0.2) is 0 Å². The summed E-state index contributed by atoms with van der Waals surface area (Å²) in [6, 6.07) is 8.52. The van der Waals surface area contributed by atoms with Crippen LogP contribution in [0, 0.1) is 0 Å². The van der Waals surface area contributed by atoms with Crippen LogP contribution < -0.4 is 5.32 Å². The fraction of sp³-hybridized carbons (Fsp3) is 0.562. The van der Waals surface area contributed by atoms with Crippen LogP contribution in [0.1, 0.15) is 39.2 Å². The predicted molar refractivity (Wildman–Crippen MR) is 79.3 cm³/mol. The highest BCUT2D eigenvalue weighted by Crippen LogP contribution is 2.25. The maximum atomic E-state index is 12.6. The van der Waals surface area contributed by atoms with Gasteiger partial charge in [0.1, 0.15) is 6.04 Å². The second-order valence-electron chi connectivity index (χ2n) is 5.27.